The Labute approximate surface area is 103 Å². The maximum atomic E-state index is 6.07. The van der Waals surface area contributed by atoms with Crippen molar-refractivity contribution in [2.75, 3.05) is 0 Å². The summed E-state index contributed by atoms with van der Waals surface area (Å²) in [7, 11) is 39.9. The van der Waals surface area contributed by atoms with E-state index in [0.717, 1.165) is 0 Å². The quantitative estimate of drug-likeness (QED) is 0.522. The Morgan fingerprint density at radius 3 is 1.07 bits per heavy atom. The molecule has 0 fully saturated rings. The molecule has 64 valence electrons. The van der Waals surface area contributed by atoms with E-state index in [0.29, 0.717) is 12.8 Å². The molecule has 0 saturated carbocycles. The van der Waals surface area contributed by atoms with Gasteiger partial charge in [0.05, 0.1) is 54.9 Å². The maximum Gasteiger partial charge on any atom is 0.0706 e. The molecule has 0 unspecified atom stereocenters. The minimum Gasteiger partial charge on any atom is -0.133 e. The monoisotopic (exact) mass is 184 g/mol. The third kappa shape index (κ3) is 2.77. The summed E-state index contributed by atoms with van der Waals surface area (Å²) in [6.45, 7) is 3.85. The zero-order valence-corrected chi connectivity index (χ0v) is 9.53. The second kappa shape index (κ2) is 4.76. The Morgan fingerprint density at radius 1 is 0.733 bits per heavy atom. The van der Waals surface area contributed by atoms with Crippen molar-refractivity contribution >= 4 is 54.9 Å². The van der Waals surface area contributed by atoms with E-state index in [1.807, 2.05) is 13.8 Å². The number of hydrogen-bond acceptors (Lipinski definition) is 0. The molecular formula is C8H11B7. The van der Waals surface area contributed by atoms with Gasteiger partial charge in [-0.1, -0.05) is 32.0 Å². The van der Waals surface area contributed by atoms with E-state index in [1.54, 1.807) is 0 Å². The van der Waals surface area contributed by atoms with Crippen LogP contribution >= 0.6 is 0 Å². The second-order valence-corrected chi connectivity index (χ2v) is 4.25. The Kier molecular flexibility index (Phi) is 4.90. The average molecular weight is 183 g/mol. The normalized spacial score (nSPS) is 14.3. The van der Waals surface area contributed by atoms with Gasteiger partial charge in [-0.05, 0) is 5.92 Å². The van der Waals surface area contributed by atoms with E-state index >= 15 is 0 Å². The van der Waals surface area contributed by atoms with Crippen LogP contribution in [0.4, 0.5) is 0 Å². The first-order chi connectivity index (χ1) is 6.52. The molecule has 0 aromatic carbocycles. The first kappa shape index (κ1) is 15.5. The topological polar surface area (TPSA) is 0 Å². The van der Waals surface area contributed by atoms with Gasteiger partial charge in [0.15, 0.2) is 0 Å². The van der Waals surface area contributed by atoms with Crippen LogP contribution in [0.25, 0.3) is 0 Å². The largest absolute Gasteiger partial charge is 0.133 e. The highest BCUT2D eigenvalue weighted by molar-refractivity contribution is 6.69. The summed E-state index contributed by atoms with van der Waals surface area (Å²) in [4.78, 5) is 0. The molecule has 0 saturated heterocycles. The van der Waals surface area contributed by atoms with Gasteiger partial charge in [-0.15, -0.1) is 10.2 Å². The van der Waals surface area contributed by atoms with E-state index in [2.05, 4.69) is 0 Å². The van der Waals surface area contributed by atoms with Crippen molar-refractivity contribution in [3.63, 3.8) is 0 Å². The van der Waals surface area contributed by atoms with Crippen molar-refractivity contribution in [1.29, 1.82) is 0 Å². The van der Waals surface area contributed by atoms with E-state index in [-0.39, 0.29) is 5.92 Å². The Morgan fingerprint density at radius 2 is 1.00 bits per heavy atom. The van der Waals surface area contributed by atoms with Gasteiger partial charge < -0.3 is 0 Å². The molecule has 0 N–H and O–H groups in total. The molecule has 0 spiro atoms. The molecule has 0 bridgehead atoms. The lowest BCUT2D eigenvalue weighted by Gasteiger charge is -2.59. The summed E-state index contributed by atoms with van der Waals surface area (Å²) < 4.78 is 0. The van der Waals surface area contributed by atoms with Gasteiger partial charge in [0, 0.05) is 0 Å². The molecule has 0 aliphatic carbocycles. The molecular weight excluding hydrogens is 172 g/mol. The van der Waals surface area contributed by atoms with Crippen molar-refractivity contribution in [1.82, 2.24) is 0 Å². The van der Waals surface area contributed by atoms with Crippen LogP contribution in [0.5, 0.6) is 0 Å². The van der Waals surface area contributed by atoms with Gasteiger partial charge >= 0.3 is 0 Å². The van der Waals surface area contributed by atoms with Gasteiger partial charge in [-0.2, -0.15) is 0 Å². The highest BCUT2D eigenvalue weighted by Crippen LogP contribution is 2.61. The minimum absolute atomic E-state index is 0.155. The molecule has 7 heteroatoms. The SMILES string of the molecule is [B]C([B])([B])C([B])(C(CC)CC)C([B])([B])[B]. The van der Waals surface area contributed by atoms with Gasteiger partial charge in [0.1, 0.15) is 0 Å². The van der Waals surface area contributed by atoms with Gasteiger partial charge in [0.25, 0.3) is 0 Å². The molecule has 0 atom stereocenters. The molecule has 0 aromatic heterocycles. The maximum absolute atomic E-state index is 6.07. The van der Waals surface area contributed by atoms with Crippen LogP contribution in [0, 0.1) is 5.92 Å². The Balaban J connectivity index is 5.40. The fourth-order valence-corrected chi connectivity index (χ4v) is 2.01. The van der Waals surface area contributed by atoms with Crippen LogP contribution in [-0.4, -0.2) is 54.9 Å². The lowest BCUT2D eigenvalue weighted by molar-refractivity contribution is 0.332. The van der Waals surface area contributed by atoms with Crippen molar-refractivity contribution < 1.29 is 0 Å². The molecule has 14 radical (unpaired) electrons. The smallest absolute Gasteiger partial charge is 0.0706 e. The van der Waals surface area contributed by atoms with Crippen molar-refractivity contribution in [3.8, 4) is 0 Å². The van der Waals surface area contributed by atoms with Gasteiger partial charge in [-0.3, -0.25) is 0 Å². The summed E-state index contributed by atoms with van der Waals surface area (Å²) in [5.41, 5.74) is 0. The molecule has 0 nitrogen and oxygen atoms in total. The second-order valence-electron chi connectivity index (χ2n) is 4.25. The first-order valence-electron chi connectivity index (χ1n) is 5.04. The lowest BCUT2D eigenvalue weighted by atomic mass is 9.13. The molecule has 15 heavy (non-hydrogen) atoms. The standard InChI is InChI=1S/C8H11B7/c1-3-5(4-2)6(9,7(10,11)12)8(13,14)15/h5H,3-4H2,1-2H3. The lowest BCUT2D eigenvalue weighted by Crippen LogP contribution is -2.48. The van der Waals surface area contributed by atoms with Gasteiger partial charge in [-0.25, -0.2) is 0 Å². The predicted octanol–water partition coefficient (Wildman–Crippen LogP) is -0.0918. The minimum atomic E-state index is -1.73. The predicted molar refractivity (Wildman–Crippen MR) is 72.4 cm³/mol. The summed E-state index contributed by atoms with van der Waals surface area (Å²) in [5, 5.41) is -4.91. The summed E-state index contributed by atoms with van der Waals surface area (Å²) in [5.74, 6) is -0.155. The van der Waals surface area contributed by atoms with E-state index in [1.165, 1.54) is 0 Å². The average Bonchev–Trinajstić information content (AvgIpc) is 2.02. The summed E-state index contributed by atoms with van der Waals surface area (Å²) in [6.07, 6.45) is 1.38. The Bertz CT molecular complexity index is 184. The van der Waals surface area contributed by atoms with Crippen LogP contribution in [-0.2, 0) is 0 Å². The molecule has 0 heterocycles. The number of hydrogen-bond donors (Lipinski definition) is 0. The van der Waals surface area contributed by atoms with Crippen molar-refractivity contribution in [2.24, 2.45) is 5.92 Å². The first-order valence-corrected chi connectivity index (χ1v) is 5.04. The summed E-state index contributed by atoms with van der Waals surface area (Å²) >= 11 is 0. The van der Waals surface area contributed by atoms with Crippen LogP contribution in [0.3, 0.4) is 0 Å². The van der Waals surface area contributed by atoms with Gasteiger partial charge in [0.2, 0.25) is 0 Å². The van der Waals surface area contributed by atoms with Crippen molar-refractivity contribution in [2.45, 2.75) is 42.2 Å². The molecule has 0 aliphatic rings. The van der Waals surface area contributed by atoms with E-state index in [9.17, 15) is 0 Å². The molecule has 0 aliphatic heterocycles. The third-order valence-corrected chi connectivity index (χ3v) is 3.06. The fourth-order valence-electron chi connectivity index (χ4n) is 2.01. The number of rotatable bonds is 5. The molecule has 0 rings (SSSR count). The highest BCUT2D eigenvalue weighted by atomic mass is 14.4. The highest BCUT2D eigenvalue weighted by Gasteiger charge is 2.46. The van der Waals surface area contributed by atoms with E-state index < -0.39 is 15.5 Å². The van der Waals surface area contributed by atoms with Crippen LogP contribution in [0.1, 0.15) is 26.7 Å². The fraction of sp³-hybridized carbons (Fsp3) is 1.00. The van der Waals surface area contributed by atoms with Crippen LogP contribution in [0.15, 0.2) is 0 Å². The molecule has 0 amide bonds. The third-order valence-electron chi connectivity index (χ3n) is 3.06. The zero-order valence-electron chi connectivity index (χ0n) is 9.53. The summed E-state index contributed by atoms with van der Waals surface area (Å²) in [6, 6.07) is 0. The molecule has 0 aromatic rings. The van der Waals surface area contributed by atoms with Crippen LogP contribution in [0.2, 0.25) is 15.5 Å². The van der Waals surface area contributed by atoms with E-state index in [4.69, 9.17) is 54.9 Å². The zero-order chi connectivity index (χ0) is 12.5. The van der Waals surface area contributed by atoms with Crippen molar-refractivity contribution in [3.05, 3.63) is 0 Å². The van der Waals surface area contributed by atoms with Crippen LogP contribution < -0.4 is 0 Å². The Hall–Kier alpha value is 0.455.